The van der Waals surface area contributed by atoms with Crippen LogP contribution in [0.3, 0.4) is 0 Å². The minimum absolute atomic E-state index is 0.0952. The normalized spacial score (nSPS) is 19.8. The largest absolute Gasteiger partial charge is 0.444 e. The number of fused-ring (bicyclic) bond motifs is 1. The van der Waals surface area contributed by atoms with Gasteiger partial charge in [0.05, 0.1) is 17.7 Å². The summed E-state index contributed by atoms with van der Waals surface area (Å²) in [4.78, 5) is 36.1. The van der Waals surface area contributed by atoms with Crippen LogP contribution in [-0.2, 0) is 4.74 Å². The molecule has 0 radical (unpaired) electrons. The SMILES string of the molecule is CN(C)C=NC1=c2[nH]c(=O)n(C3CCCN(C(=O)OC(C)(C)C)C3)c2=CCN1. The maximum absolute atomic E-state index is 12.7. The number of nitrogens with zero attached hydrogens (tertiary/aromatic N) is 4. The van der Waals surface area contributed by atoms with E-state index >= 15 is 0 Å². The molecule has 28 heavy (non-hydrogen) atoms. The summed E-state index contributed by atoms with van der Waals surface area (Å²) in [6.45, 7) is 7.25. The standard InChI is InChI=1S/C19H30N6O3/c1-19(2,3)28-18(27)24-10-6-7-13(11-24)25-14-8-9-20-16(21-12-23(4)5)15(14)22-17(25)26/h8,12-13,20H,6-7,9-11H2,1-5H3,(H,22,26). The second-order valence-corrected chi connectivity index (χ2v) is 8.42. The molecule has 1 fully saturated rings. The number of aromatic nitrogens is 2. The number of imidazole rings is 1. The van der Waals surface area contributed by atoms with E-state index in [-0.39, 0.29) is 17.8 Å². The van der Waals surface area contributed by atoms with Crippen molar-refractivity contribution in [3.8, 4) is 0 Å². The number of ether oxygens (including phenoxy) is 1. The van der Waals surface area contributed by atoms with Crippen molar-refractivity contribution in [2.45, 2.75) is 45.3 Å². The number of likely N-dealkylation sites (tertiary alicyclic amines) is 1. The third kappa shape index (κ3) is 4.40. The molecule has 1 amide bonds. The first-order valence-electron chi connectivity index (χ1n) is 9.63. The van der Waals surface area contributed by atoms with E-state index in [2.05, 4.69) is 15.3 Å². The molecule has 1 atom stereocenters. The van der Waals surface area contributed by atoms with Gasteiger partial charge in [0.1, 0.15) is 11.0 Å². The summed E-state index contributed by atoms with van der Waals surface area (Å²) in [6, 6.07) is -0.0952. The van der Waals surface area contributed by atoms with Crippen molar-refractivity contribution in [3.63, 3.8) is 0 Å². The van der Waals surface area contributed by atoms with E-state index in [4.69, 9.17) is 4.74 Å². The summed E-state index contributed by atoms with van der Waals surface area (Å²) in [6.07, 6.45) is 5.00. The molecule has 3 rings (SSSR count). The molecule has 2 aliphatic heterocycles. The van der Waals surface area contributed by atoms with Crippen LogP contribution in [0.15, 0.2) is 9.79 Å². The molecule has 1 aromatic rings. The van der Waals surface area contributed by atoms with Gasteiger partial charge in [-0.3, -0.25) is 4.57 Å². The van der Waals surface area contributed by atoms with E-state index < -0.39 is 5.60 Å². The number of aromatic amines is 1. The lowest BCUT2D eigenvalue weighted by atomic mass is 10.1. The summed E-state index contributed by atoms with van der Waals surface area (Å²) in [5.41, 5.74) is -0.722. The van der Waals surface area contributed by atoms with Gasteiger partial charge < -0.3 is 24.8 Å². The van der Waals surface area contributed by atoms with Gasteiger partial charge in [-0.1, -0.05) is 0 Å². The van der Waals surface area contributed by atoms with Crippen LogP contribution < -0.4 is 21.7 Å². The topological polar surface area (TPSA) is 95.0 Å². The third-order valence-corrected chi connectivity index (χ3v) is 4.60. The summed E-state index contributed by atoms with van der Waals surface area (Å²) >= 11 is 0. The van der Waals surface area contributed by atoms with Gasteiger partial charge in [0.15, 0.2) is 5.82 Å². The Morgan fingerprint density at radius 2 is 2.14 bits per heavy atom. The van der Waals surface area contributed by atoms with Crippen molar-refractivity contribution in [2.75, 3.05) is 33.7 Å². The van der Waals surface area contributed by atoms with Crippen LogP contribution in [0.1, 0.15) is 39.7 Å². The molecule has 3 heterocycles. The first kappa shape index (κ1) is 20.0. The van der Waals surface area contributed by atoms with Gasteiger partial charge in [0.2, 0.25) is 0 Å². The minimum Gasteiger partial charge on any atom is -0.444 e. The lowest BCUT2D eigenvalue weighted by molar-refractivity contribution is 0.0170. The van der Waals surface area contributed by atoms with Crippen molar-refractivity contribution >= 4 is 24.3 Å². The molecule has 1 aromatic heterocycles. The van der Waals surface area contributed by atoms with E-state index in [1.54, 1.807) is 15.8 Å². The number of hydrogen-bond donors (Lipinski definition) is 2. The van der Waals surface area contributed by atoms with E-state index in [1.165, 1.54) is 0 Å². The van der Waals surface area contributed by atoms with Crippen LogP contribution >= 0.6 is 0 Å². The van der Waals surface area contributed by atoms with E-state index in [0.717, 1.165) is 18.2 Å². The zero-order chi connectivity index (χ0) is 20.5. The fourth-order valence-corrected chi connectivity index (χ4v) is 3.48. The number of hydrogen-bond acceptors (Lipinski definition) is 5. The van der Waals surface area contributed by atoms with Gasteiger partial charge in [0, 0.05) is 33.7 Å². The van der Waals surface area contributed by atoms with Crippen molar-refractivity contribution < 1.29 is 9.53 Å². The van der Waals surface area contributed by atoms with Crippen LogP contribution in [0.25, 0.3) is 11.9 Å². The van der Waals surface area contributed by atoms with Crippen molar-refractivity contribution in [1.82, 2.24) is 24.7 Å². The highest BCUT2D eigenvalue weighted by molar-refractivity contribution is 5.68. The molecule has 1 saturated heterocycles. The summed E-state index contributed by atoms with van der Waals surface area (Å²) in [5, 5.41) is 4.70. The number of aliphatic imine (C=N–C) groups is 1. The number of rotatable bonds is 3. The quantitative estimate of drug-likeness (QED) is 0.550. The molecule has 0 saturated carbocycles. The molecule has 0 bridgehead atoms. The lowest BCUT2D eigenvalue weighted by Crippen LogP contribution is -2.48. The molecule has 2 aliphatic rings. The monoisotopic (exact) mass is 390 g/mol. The second-order valence-electron chi connectivity index (χ2n) is 8.42. The minimum atomic E-state index is -0.540. The average molecular weight is 390 g/mol. The number of amides is 1. The predicted octanol–water partition coefficient (Wildman–Crippen LogP) is -0.212. The van der Waals surface area contributed by atoms with Gasteiger partial charge in [-0.15, -0.1) is 0 Å². The van der Waals surface area contributed by atoms with Crippen LogP contribution in [0.4, 0.5) is 4.79 Å². The number of H-pyrrole nitrogens is 1. The Hall–Kier alpha value is -2.71. The molecule has 0 aliphatic carbocycles. The highest BCUT2D eigenvalue weighted by atomic mass is 16.6. The molecular weight excluding hydrogens is 360 g/mol. The van der Waals surface area contributed by atoms with Crippen LogP contribution in [-0.4, -0.2) is 71.1 Å². The van der Waals surface area contributed by atoms with Crippen molar-refractivity contribution in [3.05, 3.63) is 21.2 Å². The third-order valence-electron chi connectivity index (χ3n) is 4.60. The van der Waals surface area contributed by atoms with Crippen LogP contribution in [0.2, 0.25) is 0 Å². The highest BCUT2D eigenvalue weighted by Crippen LogP contribution is 2.21. The van der Waals surface area contributed by atoms with Gasteiger partial charge in [0.25, 0.3) is 0 Å². The molecule has 2 N–H and O–H groups in total. The Labute approximate surface area is 164 Å². The molecule has 9 heteroatoms. The fraction of sp³-hybridized carbons (Fsp3) is 0.632. The lowest BCUT2D eigenvalue weighted by Gasteiger charge is -2.34. The van der Waals surface area contributed by atoms with Crippen molar-refractivity contribution in [1.29, 1.82) is 0 Å². The number of nitrogens with one attached hydrogen (secondary N) is 2. The second kappa shape index (κ2) is 7.73. The number of piperidine rings is 1. The Bertz CT molecular complexity index is 934. The number of carbonyl (C=O) groups excluding carboxylic acids is 1. The van der Waals surface area contributed by atoms with Gasteiger partial charge in [-0.25, -0.2) is 14.6 Å². The predicted molar refractivity (Wildman–Crippen MR) is 108 cm³/mol. The zero-order valence-electron chi connectivity index (χ0n) is 17.3. The molecule has 0 spiro atoms. The van der Waals surface area contributed by atoms with E-state index in [9.17, 15) is 9.59 Å². The van der Waals surface area contributed by atoms with E-state index in [1.807, 2.05) is 45.8 Å². The van der Waals surface area contributed by atoms with Gasteiger partial charge in [-0.2, -0.15) is 0 Å². The summed E-state index contributed by atoms with van der Waals surface area (Å²) in [7, 11) is 3.78. The first-order valence-corrected chi connectivity index (χ1v) is 9.63. The Morgan fingerprint density at radius 3 is 2.82 bits per heavy atom. The smallest absolute Gasteiger partial charge is 0.410 e. The van der Waals surface area contributed by atoms with Gasteiger partial charge in [-0.05, 0) is 39.7 Å². The van der Waals surface area contributed by atoms with E-state index in [0.29, 0.717) is 30.8 Å². The van der Waals surface area contributed by atoms with Crippen LogP contribution in [0.5, 0.6) is 0 Å². The number of carbonyl (C=O) groups is 1. The molecule has 1 unspecified atom stereocenters. The van der Waals surface area contributed by atoms with Crippen LogP contribution in [0, 0.1) is 0 Å². The Balaban J connectivity index is 1.92. The fourth-order valence-electron chi connectivity index (χ4n) is 3.48. The summed E-state index contributed by atoms with van der Waals surface area (Å²) < 4.78 is 7.27. The average Bonchev–Trinajstić information content (AvgIpc) is 2.95. The maximum atomic E-state index is 12.7. The molecular formula is C19H30N6O3. The maximum Gasteiger partial charge on any atom is 0.410 e. The van der Waals surface area contributed by atoms with Crippen molar-refractivity contribution in [2.24, 2.45) is 4.99 Å². The molecule has 9 nitrogen and oxygen atoms in total. The zero-order valence-corrected chi connectivity index (χ0v) is 17.3. The van der Waals surface area contributed by atoms with Gasteiger partial charge >= 0.3 is 11.8 Å². The highest BCUT2D eigenvalue weighted by Gasteiger charge is 2.30. The first-order chi connectivity index (χ1) is 13.2. The Morgan fingerprint density at radius 1 is 1.39 bits per heavy atom. The molecule has 0 aromatic carbocycles. The molecule has 154 valence electrons. The Kier molecular flexibility index (Phi) is 5.53. The summed E-state index contributed by atoms with van der Waals surface area (Å²) in [5.74, 6) is 0.641.